The highest BCUT2D eigenvalue weighted by Gasteiger charge is 2.44. The molecule has 0 spiro atoms. The van der Waals surface area contributed by atoms with Crippen molar-refractivity contribution < 1.29 is 0 Å². The van der Waals surface area contributed by atoms with E-state index in [1.165, 1.54) is 32.5 Å². The van der Waals surface area contributed by atoms with Crippen molar-refractivity contribution in [1.82, 2.24) is 10.2 Å². The lowest BCUT2D eigenvalue weighted by Gasteiger charge is -2.43. The van der Waals surface area contributed by atoms with Gasteiger partial charge in [0.1, 0.15) is 0 Å². The molecule has 1 heterocycles. The van der Waals surface area contributed by atoms with Gasteiger partial charge in [0.25, 0.3) is 0 Å². The predicted octanol–water partition coefficient (Wildman–Crippen LogP) is 0.690. The van der Waals surface area contributed by atoms with Crippen LogP contribution in [0.1, 0.15) is 19.8 Å². The predicted molar refractivity (Wildman–Crippen MR) is 46.6 cm³/mol. The zero-order valence-corrected chi connectivity index (χ0v) is 7.56. The van der Waals surface area contributed by atoms with Crippen molar-refractivity contribution in [2.45, 2.75) is 25.3 Å². The summed E-state index contributed by atoms with van der Waals surface area (Å²) in [7, 11) is 2.26. The van der Waals surface area contributed by atoms with Crippen LogP contribution < -0.4 is 5.32 Å². The maximum atomic E-state index is 3.49. The lowest BCUT2D eigenvalue weighted by atomic mass is 9.92. The maximum absolute atomic E-state index is 3.49. The van der Waals surface area contributed by atoms with E-state index in [1.807, 2.05) is 0 Å². The van der Waals surface area contributed by atoms with E-state index in [-0.39, 0.29) is 0 Å². The molecule has 1 saturated heterocycles. The third-order valence-corrected chi connectivity index (χ3v) is 3.44. The molecule has 0 aromatic rings. The molecule has 2 aliphatic rings. The van der Waals surface area contributed by atoms with Crippen LogP contribution in [0.15, 0.2) is 0 Å². The van der Waals surface area contributed by atoms with Crippen molar-refractivity contribution in [2.24, 2.45) is 5.92 Å². The van der Waals surface area contributed by atoms with Crippen molar-refractivity contribution in [3.05, 3.63) is 0 Å². The fourth-order valence-electron chi connectivity index (χ4n) is 2.14. The van der Waals surface area contributed by atoms with Gasteiger partial charge in [0, 0.05) is 25.2 Å². The van der Waals surface area contributed by atoms with Gasteiger partial charge in [0.15, 0.2) is 0 Å². The second-order valence-electron chi connectivity index (χ2n) is 4.23. The van der Waals surface area contributed by atoms with Gasteiger partial charge in [-0.2, -0.15) is 0 Å². The molecule has 1 N–H and O–H groups in total. The zero-order valence-electron chi connectivity index (χ0n) is 7.56. The van der Waals surface area contributed by atoms with E-state index in [9.17, 15) is 0 Å². The van der Waals surface area contributed by atoms with E-state index in [4.69, 9.17) is 0 Å². The van der Waals surface area contributed by atoms with Crippen LogP contribution in [-0.4, -0.2) is 37.1 Å². The van der Waals surface area contributed by atoms with Gasteiger partial charge in [-0.15, -0.1) is 0 Å². The Morgan fingerprint density at radius 3 is 2.73 bits per heavy atom. The Balaban J connectivity index is 2.06. The van der Waals surface area contributed by atoms with Crippen molar-refractivity contribution in [3.8, 4) is 0 Å². The molecule has 1 saturated carbocycles. The summed E-state index contributed by atoms with van der Waals surface area (Å²) in [5, 5.41) is 3.49. The first-order valence-electron chi connectivity index (χ1n) is 4.65. The highest BCUT2D eigenvalue weighted by Crippen LogP contribution is 2.42. The minimum atomic E-state index is 0.470. The minimum absolute atomic E-state index is 0.470. The summed E-state index contributed by atoms with van der Waals surface area (Å²) in [6.45, 7) is 5.97. The molecule has 64 valence electrons. The molecular formula is C9H18N2. The molecule has 2 nitrogen and oxygen atoms in total. The smallest absolute Gasteiger partial charge is 0.0331 e. The molecule has 0 amide bonds. The monoisotopic (exact) mass is 154 g/mol. The Labute approximate surface area is 69.0 Å². The maximum Gasteiger partial charge on any atom is 0.0331 e. The Morgan fingerprint density at radius 1 is 1.45 bits per heavy atom. The normalized spacial score (nSPS) is 40.9. The molecule has 2 fully saturated rings. The molecule has 1 unspecified atom stereocenters. The summed E-state index contributed by atoms with van der Waals surface area (Å²) in [4.78, 5) is 2.53. The van der Waals surface area contributed by atoms with Crippen molar-refractivity contribution in [1.29, 1.82) is 0 Å². The largest absolute Gasteiger partial charge is 0.314 e. The first-order valence-corrected chi connectivity index (χ1v) is 4.65. The second kappa shape index (κ2) is 2.46. The quantitative estimate of drug-likeness (QED) is 0.598. The van der Waals surface area contributed by atoms with Crippen LogP contribution in [0.2, 0.25) is 0 Å². The van der Waals surface area contributed by atoms with Gasteiger partial charge in [-0.3, -0.25) is 4.90 Å². The SMILES string of the molecule is CN1CCNCC1(C)C1CC1. The van der Waals surface area contributed by atoms with Crippen LogP contribution in [0.25, 0.3) is 0 Å². The van der Waals surface area contributed by atoms with Crippen LogP contribution in [0.5, 0.6) is 0 Å². The number of hydrogen-bond donors (Lipinski definition) is 1. The van der Waals surface area contributed by atoms with Gasteiger partial charge >= 0.3 is 0 Å². The van der Waals surface area contributed by atoms with Crippen LogP contribution in [-0.2, 0) is 0 Å². The number of hydrogen-bond acceptors (Lipinski definition) is 2. The lowest BCUT2D eigenvalue weighted by molar-refractivity contribution is 0.0837. The molecular weight excluding hydrogens is 136 g/mol. The number of nitrogens with one attached hydrogen (secondary N) is 1. The lowest BCUT2D eigenvalue weighted by Crippen LogP contribution is -2.59. The summed E-state index contributed by atoms with van der Waals surface area (Å²) >= 11 is 0. The Bertz CT molecular complexity index is 154. The molecule has 1 atom stereocenters. The van der Waals surface area contributed by atoms with E-state index < -0.39 is 0 Å². The van der Waals surface area contributed by atoms with Crippen LogP contribution >= 0.6 is 0 Å². The molecule has 0 aromatic heterocycles. The van der Waals surface area contributed by atoms with Crippen LogP contribution in [0.4, 0.5) is 0 Å². The zero-order chi connectivity index (χ0) is 7.90. The Hall–Kier alpha value is -0.0800. The first-order chi connectivity index (χ1) is 5.23. The molecule has 2 rings (SSSR count). The average molecular weight is 154 g/mol. The van der Waals surface area contributed by atoms with Gasteiger partial charge in [0.2, 0.25) is 0 Å². The summed E-state index contributed by atoms with van der Waals surface area (Å²) in [5.41, 5.74) is 0.470. The number of nitrogens with zero attached hydrogens (tertiary/aromatic N) is 1. The highest BCUT2D eigenvalue weighted by atomic mass is 15.2. The molecule has 11 heavy (non-hydrogen) atoms. The fourth-order valence-corrected chi connectivity index (χ4v) is 2.14. The third-order valence-electron chi connectivity index (χ3n) is 3.44. The van der Waals surface area contributed by atoms with Gasteiger partial charge in [-0.1, -0.05) is 0 Å². The van der Waals surface area contributed by atoms with Gasteiger partial charge in [-0.25, -0.2) is 0 Å². The minimum Gasteiger partial charge on any atom is -0.314 e. The van der Waals surface area contributed by atoms with Crippen molar-refractivity contribution in [3.63, 3.8) is 0 Å². The van der Waals surface area contributed by atoms with Gasteiger partial charge in [0.05, 0.1) is 0 Å². The number of rotatable bonds is 1. The van der Waals surface area contributed by atoms with Crippen molar-refractivity contribution in [2.75, 3.05) is 26.7 Å². The van der Waals surface area contributed by atoms with E-state index >= 15 is 0 Å². The molecule has 0 aromatic carbocycles. The molecule has 1 aliphatic carbocycles. The Kier molecular flexibility index (Phi) is 1.69. The van der Waals surface area contributed by atoms with Crippen LogP contribution in [0, 0.1) is 5.92 Å². The molecule has 0 bridgehead atoms. The third kappa shape index (κ3) is 1.18. The summed E-state index contributed by atoms with van der Waals surface area (Å²) in [5.74, 6) is 0.972. The van der Waals surface area contributed by atoms with Crippen molar-refractivity contribution >= 4 is 0 Å². The second-order valence-corrected chi connectivity index (χ2v) is 4.23. The van der Waals surface area contributed by atoms with E-state index in [1.54, 1.807) is 0 Å². The topological polar surface area (TPSA) is 15.3 Å². The fraction of sp³-hybridized carbons (Fsp3) is 1.00. The van der Waals surface area contributed by atoms with Crippen LogP contribution in [0.3, 0.4) is 0 Å². The average Bonchev–Trinajstić information content (AvgIpc) is 2.77. The summed E-state index contributed by atoms with van der Waals surface area (Å²) in [6, 6.07) is 0. The first kappa shape index (κ1) is 7.56. The summed E-state index contributed by atoms with van der Waals surface area (Å²) < 4.78 is 0. The molecule has 0 radical (unpaired) electrons. The van der Waals surface area contributed by atoms with E-state index in [0.717, 1.165) is 5.92 Å². The highest BCUT2D eigenvalue weighted by molar-refractivity contribution is 5.01. The Morgan fingerprint density at radius 2 is 2.18 bits per heavy atom. The van der Waals surface area contributed by atoms with E-state index in [0.29, 0.717) is 5.54 Å². The van der Waals surface area contributed by atoms with E-state index in [2.05, 4.69) is 24.2 Å². The molecule has 1 aliphatic heterocycles. The van der Waals surface area contributed by atoms with Gasteiger partial charge < -0.3 is 5.32 Å². The number of likely N-dealkylation sites (N-methyl/N-ethyl adjacent to an activating group) is 1. The standard InChI is InChI=1S/C9H18N2/c1-9(8-3-4-8)7-10-5-6-11(9)2/h8,10H,3-7H2,1-2H3. The number of piperazine rings is 1. The molecule has 2 heteroatoms. The summed E-state index contributed by atoms with van der Waals surface area (Å²) in [6.07, 6.45) is 2.89. The van der Waals surface area contributed by atoms with Gasteiger partial charge in [-0.05, 0) is 32.7 Å².